The van der Waals surface area contributed by atoms with Crippen molar-refractivity contribution in [3.63, 3.8) is 0 Å². The van der Waals surface area contributed by atoms with Crippen molar-refractivity contribution >= 4 is 38.3 Å². The molecule has 0 aliphatic carbocycles. The first-order valence-electron chi connectivity index (χ1n) is 14.3. The van der Waals surface area contributed by atoms with E-state index in [-0.39, 0.29) is 35.8 Å². The molecule has 0 fully saturated rings. The van der Waals surface area contributed by atoms with E-state index in [0.717, 1.165) is 51.4 Å². The first kappa shape index (κ1) is 38.3. The molecule has 0 N–H and O–H groups in total. The van der Waals surface area contributed by atoms with E-state index < -0.39 is 43.1 Å². The summed E-state index contributed by atoms with van der Waals surface area (Å²) in [6.45, 7) is 9.10. The monoisotopic (exact) mass is 614 g/mol. The van der Waals surface area contributed by atoms with Crippen LogP contribution in [-0.2, 0) is 12.4 Å². The van der Waals surface area contributed by atoms with Gasteiger partial charge in [0.15, 0.2) is 5.52 Å². The summed E-state index contributed by atoms with van der Waals surface area (Å²) in [4.78, 5) is 13.2. The van der Waals surface area contributed by atoms with Gasteiger partial charge in [-0.25, -0.2) is 0 Å². The number of carbonyl (C=O) groups excluding carboxylic acids is 1. The van der Waals surface area contributed by atoms with Crippen molar-refractivity contribution in [2.24, 2.45) is 11.8 Å². The van der Waals surface area contributed by atoms with Crippen LogP contribution in [-0.4, -0.2) is 37.6 Å². The van der Waals surface area contributed by atoms with Crippen molar-refractivity contribution < 1.29 is 40.6 Å². The molecule has 3 nitrogen and oxygen atoms in total. The summed E-state index contributed by atoms with van der Waals surface area (Å²) >= 11 is 0. The van der Waals surface area contributed by atoms with E-state index >= 15 is 0 Å². The van der Waals surface area contributed by atoms with E-state index in [2.05, 4.69) is 20.8 Å². The summed E-state index contributed by atoms with van der Waals surface area (Å²) in [5.74, 6) is 1.28. The van der Waals surface area contributed by atoms with Crippen LogP contribution in [0.4, 0.5) is 26.3 Å². The third kappa shape index (κ3) is 11.8. The Morgan fingerprint density at radius 2 is 1.29 bits per heavy atom. The molecule has 3 atom stereocenters. The maximum atomic E-state index is 13.7. The molecule has 0 bridgehead atoms. The fourth-order valence-electron chi connectivity index (χ4n) is 4.49. The summed E-state index contributed by atoms with van der Waals surface area (Å²) < 4.78 is 94.3. The Morgan fingerprint density at radius 1 is 0.786 bits per heavy atom. The summed E-state index contributed by atoms with van der Waals surface area (Å²) in [5, 5.41) is 0.232. The van der Waals surface area contributed by atoms with E-state index in [4.69, 9.17) is 9.47 Å². The molecule has 0 aliphatic rings. The van der Waals surface area contributed by atoms with Crippen LogP contribution in [0.1, 0.15) is 101 Å². The quantitative estimate of drug-likeness (QED) is 0.101. The summed E-state index contributed by atoms with van der Waals surface area (Å²) in [7, 11) is -1.02. The Hall–Kier alpha value is -1.68. The van der Waals surface area contributed by atoms with Gasteiger partial charge >= 0.3 is 31.2 Å². The topological polar surface area (TPSA) is 35.5 Å². The molecule has 0 radical (unpaired) electrons. The Morgan fingerprint density at radius 3 is 1.74 bits per heavy atom. The molecule has 0 saturated carbocycles. The van der Waals surface area contributed by atoms with Crippen LogP contribution in [0.2, 0.25) is 0 Å². The molecular formula is C31H42F6LiO3P. The molecule has 0 spiro atoms. The van der Waals surface area contributed by atoms with Crippen molar-refractivity contribution in [2.45, 2.75) is 91.4 Å². The molecule has 42 heavy (non-hydrogen) atoms. The van der Waals surface area contributed by atoms with Crippen LogP contribution < -0.4 is 14.8 Å². The number of hydrogen-bond acceptors (Lipinski definition) is 3. The predicted molar refractivity (Wildman–Crippen MR) is 160 cm³/mol. The number of carbonyl (C=O) groups is 1. The van der Waals surface area contributed by atoms with Gasteiger partial charge in [-0.2, -0.15) is 26.3 Å². The first-order valence-corrected chi connectivity index (χ1v) is 15.3. The van der Waals surface area contributed by atoms with Crippen LogP contribution in [0.5, 0.6) is 11.5 Å². The molecule has 2 aromatic carbocycles. The van der Waals surface area contributed by atoms with Crippen LogP contribution in [0.15, 0.2) is 36.4 Å². The van der Waals surface area contributed by atoms with Gasteiger partial charge < -0.3 is 9.47 Å². The van der Waals surface area contributed by atoms with Gasteiger partial charge in [0, 0.05) is 16.9 Å². The van der Waals surface area contributed by atoms with Crippen molar-refractivity contribution in [3.8, 4) is 11.5 Å². The minimum atomic E-state index is -5.13. The number of unbranched alkanes of at least 4 members (excludes halogenated alkanes) is 2. The molecule has 3 unspecified atom stereocenters. The van der Waals surface area contributed by atoms with Crippen molar-refractivity contribution in [1.29, 1.82) is 0 Å². The van der Waals surface area contributed by atoms with Crippen LogP contribution in [0.25, 0.3) is 0 Å². The van der Waals surface area contributed by atoms with Gasteiger partial charge in [0.05, 0.1) is 24.3 Å². The van der Waals surface area contributed by atoms with E-state index in [1.165, 1.54) is 6.07 Å². The van der Waals surface area contributed by atoms with E-state index in [0.29, 0.717) is 43.1 Å². The van der Waals surface area contributed by atoms with Gasteiger partial charge in [-0.3, -0.25) is 4.79 Å². The minimum absolute atomic E-state index is 0. The Labute approximate surface area is 259 Å². The number of hydrogen-bond donors (Lipinski definition) is 0. The van der Waals surface area contributed by atoms with E-state index in [1.54, 1.807) is 12.1 Å². The fourth-order valence-corrected chi connectivity index (χ4v) is 5.56. The fraction of sp³-hybridized carbons (Fsp3) is 0.581. The van der Waals surface area contributed by atoms with Gasteiger partial charge in [0.25, 0.3) is 0 Å². The molecule has 2 rings (SSSR count). The Kier molecular flexibility index (Phi) is 16.6. The maximum absolute atomic E-state index is 13.7. The van der Waals surface area contributed by atoms with Crippen LogP contribution in [0, 0.1) is 11.8 Å². The molecule has 11 heteroatoms. The zero-order chi connectivity index (χ0) is 30.6. The van der Waals surface area contributed by atoms with Crippen molar-refractivity contribution in [3.05, 3.63) is 53.1 Å². The third-order valence-corrected chi connectivity index (χ3v) is 8.31. The Bertz CT molecular complexity index is 1070. The first-order chi connectivity index (χ1) is 19.3. The molecule has 2 aromatic rings. The van der Waals surface area contributed by atoms with Gasteiger partial charge in [-0.15, -0.1) is 0 Å². The van der Waals surface area contributed by atoms with Gasteiger partial charge in [-0.05, 0) is 57.5 Å². The average Bonchev–Trinajstić information content (AvgIpc) is 2.92. The van der Waals surface area contributed by atoms with Crippen LogP contribution in [0.3, 0.4) is 0 Å². The second-order valence-electron chi connectivity index (χ2n) is 10.3. The number of alkyl halides is 6. The summed E-state index contributed by atoms with van der Waals surface area (Å²) in [5.41, 5.74) is -5.83. The number of ether oxygens (including phenoxy) is 2. The van der Waals surface area contributed by atoms with Crippen molar-refractivity contribution in [1.82, 2.24) is 0 Å². The van der Waals surface area contributed by atoms with E-state index in [9.17, 15) is 31.1 Å². The molecule has 0 saturated heterocycles. The second-order valence-corrected chi connectivity index (χ2v) is 11.5. The molecular weight excluding hydrogens is 572 g/mol. The van der Waals surface area contributed by atoms with Gasteiger partial charge in [-0.1, -0.05) is 72.3 Å². The van der Waals surface area contributed by atoms with Gasteiger partial charge in [0.2, 0.25) is 0 Å². The third-order valence-electron chi connectivity index (χ3n) is 7.15. The number of benzene rings is 2. The molecule has 0 heterocycles. The average molecular weight is 615 g/mol. The standard InChI is InChI=1S/C31H41F6O3P.Li.H/c1-5-9-12-21(7-3)19-39-23-16-17-27(26(18-23)40-20-22(8-4)13-10-6-2)41-29(38)28-24(30(32,33)34)14-11-15-25(28)31(35,36)37;;/h11,14-18,21-22,41H,5-10,12-13,19-20H2,1-4H3;;. The molecule has 0 aromatic heterocycles. The Balaban J connectivity index is 0.00000882. The second kappa shape index (κ2) is 18.2. The summed E-state index contributed by atoms with van der Waals surface area (Å²) in [6.07, 6.45) is -2.38. The number of rotatable bonds is 17. The molecule has 0 aliphatic heterocycles. The zero-order valence-corrected chi connectivity index (χ0v) is 25.2. The van der Waals surface area contributed by atoms with E-state index in [1.807, 2.05) is 6.92 Å². The SMILES string of the molecule is CCCCC(CC)COc1ccc(PC(=O)c2c(C(F)(F)F)cccc2C(F)(F)F)c(OCC(CC)CCCC)c1.[LiH]. The normalized spacial score (nSPS) is 13.6. The zero-order valence-electron chi connectivity index (χ0n) is 24.2. The summed E-state index contributed by atoms with van der Waals surface area (Å²) in [6, 6.07) is 6.36. The van der Waals surface area contributed by atoms with Gasteiger partial charge in [0.1, 0.15) is 11.5 Å². The molecule has 0 amide bonds. The predicted octanol–water partition coefficient (Wildman–Crippen LogP) is 9.41. The van der Waals surface area contributed by atoms with Crippen LogP contribution >= 0.6 is 8.58 Å². The van der Waals surface area contributed by atoms with Crippen molar-refractivity contribution in [2.75, 3.05) is 13.2 Å². The number of halogens is 6. The molecule has 232 valence electrons.